The zero-order valence-corrected chi connectivity index (χ0v) is 19.7. The largest absolute Gasteiger partial charge is 0.479 e. The summed E-state index contributed by atoms with van der Waals surface area (Å²) in [6.07, 6.45) is 0. The van der Waals surface area contributed by atoms with Crippen molar-refractivity contribution in [2.24, 2.45) is 0 Å². The number of carbonyl (C=O) groups is 1. The van der Waals surface area contributed by atoms with Crippen molar-refractivity contribution in [2.45, 2.75) is 20.4 Å². The van der Waals surface area contributed by atoms with Gasteiger partial charge in [0.15, 0.2) is 6.61 Å². The third kappa shape index (κ3) is 6.95. The van der Waals surface area contributed by atoms with Crippen LogP contribution in [0.5, 0.6) is 0 Å². The zero-order chi connectivity index (χ0) is 21.5. The second kappa shape index (κ2) is 11.7. The van der Waals surface area contributed by atoms with E-state index in [4.69, 9.17) is 9.29 Å². The van der Waals surface area contributed by atoms with Gasteiger partial charge in [-0.25, -0.2) is 4.79 Å². The molecule has 0 atom stereocenters. The molecule has 31 heavy (non-hydrogen) atoms. The van der Waals surface area contributed by atoms with E-state index in [0.717, 1.165) is 30.1 Å². The molecule has 0 spiro atoms. The Bertz CT molecular complexity index is 1010. The maximum Gasteiger partial charge on any atom is 0.331 e. The third-order valence-corrected chi connectivity index (χ3v) is 5.47. The van der Waals surface area contributed by atoms with Gasteiger partial charge in [0.2, 0.25) is 0 Å². The molecule has 5 nitrogen and oxygen atoms in total. The highest BCUT2D eigenvalue weighted by Crippen LogP contribution is 2.28. The monoisotopic (exact) mass is 456 g/mol. The average Bonchev–Trinajstić information content (AvgIpc) is 2.74. The fourth-order valence-electron chi connectivity index (χ4n) is 3.14. The summed E-state index contributed by atoms with van der Waals surface area (Å²) in [6, 6.07) is 23.0. The normalized spacial score (nSPS) is 10.3. The first kappa shape index (κ1) is 24.7. The van der Waals surface area contributed by atoms with Crippen LogP contribution in [-0.2, 0) is 15.5 Å². The van der Waals surface area contributed by atoms with Crippen LogP contribution in [0.1, 0.15) is 16.7 Å². The zero-order valence-electron chi connectivity index (χ0n) is 17.9. The number of nitrogens with one attached hydrogen (secondary N) is 1. The predicted octanol–water partition coefficient (Wildman–Crippen LogP) is 5.80. The topological polar surface area (TPSA) is 61.8 Å². The van der Waals surface area contributed by atoms with E-state index in [0.29, 0.717) is 0 Å². The number of carboxylic acids is 1. The van der Waals surface area contributed by atoms with Crippen molar-refractivity contribution >= 4 is 43.1 Å². The number of aliphatic carboxylic acids is 1. The van der Waals surface area contributed by atoms with Crippen LogP contribution in [0.3, 0.4) is 0 Å². The maximum absolute atomic E-state index is 10.5. The quantitative estimate of drug-likeness (QED) is 0.314. The Hall–Kier alpha value is -2.61. The van der Waals surface area contributed by atoms with Crippen molar-refractivity contribution in [1.29, 1.82) is 0 Å². The molecule has 3 rings (SSSR count). The Morgan fingerprint density at radius 1 is 1.00 bits per heavy atom. The Balaban J connectivity index is 0.00000341. The smallest absolute Gasteiger partial charge is 0.331 e. The Labute approximate surface area is 195 Å². The minimum Gasteiger partial charge on any atom is -0.479 e. The van der Waals surface area contributed by atoms with Crippen LogP contribution in [0, 0.1) is 13.8 Å². The Kier molecular flexibility index (Phi) is 9.30. The summed E-state index contributed by atoms with van der Waals surface area (Å²) >= 11 is 1.01. The minimum atomic E-state index is -0.989. The molecule has 0 amide bonds. The summed E-state index contributed by atoms with van der Waals surface area (Å²) in [5.41, 5.74) is 8.24. The molecule has 0 unspecified atom stereocenters. The standard InChI is InChI=1S/C24H26N2O3S.H2S/c1-17-6-4-5-7-22(17)23-14-19(9-8-18(23)2)15-25-20-10-12-21(13-11-20)26(3)30-29-16-24(27)28;/h4-14,25H,15-16H2,1-3H3,(H,27,28);1H2. The number of rotatable bonds is 9. The third-order valence-electron chi connectivity index (χ3n) is 4.81. The van der Waals surface area contributed by atoms with Gasteiger partial charge in [-0.3, -0.25) is 8.49 Å². The molecule has 0 aliphatic carbocycles. The summed E-state index contributed by atoms with van der Waals surface area (Å²) in [5, 5.41) is 12.1. The fraction of sp³-hybridized carbons (Fsp3) is 0.208. The van der Waals surface area contributed by atoms with Gasteiger partial charge in [-0.15, -0.1) is 0 Å². The van der Waals surface area contributed by atoms with Crippen LogP contribution in [0.2, 0.25) is 0 Å². The lowest BCUT2D eigenvalue weighted by Gasteiger charge is -2.17. The predicted molar refractivity (Wildman–Crippen MR) is 135 cm³/mol. The lowest BCUT2D eigenvalue weighted by Crippen LogP contribution is -2.11. The van der Waals surface area contributed by atoms with Gasteiger partial charge in [0.25, 0.3) is 0 Å². The van der Waals surface area contributed by atoms with Gasteiger partial charge >= 0.3 is 5.97 Å². The lowest BCUT2D eigenvalue weighted by molar-refractivity contribution is -0.138. The Morgan fingerprint density at radius 3 is 2.35 bits per heavy atom. The van der Waals surface area contributed by atoms with E-state index in [1.165, 1.54) is 27.8 Å². The van der Waals surface area contributed by atoms with Gasteiger partial charge in [-0.1, -0.05) is 36.4 Å². The molecule has 0 saturated heterocycles. The van der Waals surface area contributed by atoms with Crippen LogP contribution < -0.4 is 9.62 Å². The van der Waals surface area contributed by atoms with Crippen LogP contribution in [0.4, 0.5) is 11.4 Å². The second-order valence-electron chi connectivity index (χ2n) is 7.09. The molecule has 0 heterocycles. The highest BCUT2D eigenvalue weighted by Gasteiger charge is 2.07. The number of hydrogen-bond donors (Lipinski definition) is 2. The Morgan fingerprint density at radius 2 is 1.68 bits per heavy atom. The number of aryl methyl sites for hydroxylation is 2. The van der Waals surface area contributed by atoms with Crippen molar-refractivity contribution in [3.63, 3.8) is 0 Å². The molecule has 7 heteroatoms. The van der Waals surface area contributed by atoms with Crippen molar-refractivity contribution in [2.75, 3.05) is 23.3 Å². The highest BCUT2D eigenvalue weighted by atomic mass is 32.2. The average molecular weight is 457 g/mol. The molecule has 0 aliphatic heterocycles. The number of benzene rings is 3. The van der Waals surface area contributed by atoms with E-state index in [2.05, 4.69) is 61.6 Å². The van der Waals surface area contributed by atoms with Gasteiger partial charge in [-0.2, -0.15) is 13.5 Å². The van der Waals surface area contributed by atoms with Crippen LogP contribution in [-0.4, -0.2) is 24.7 Å². The van der Waals surface area contributed by atoms with Crippen LogP contribution in [0.25, 0.3) is 11.1 Å². The molecule has 0 bridgehead atoms. The van der Waals surface area contributed by atoms with Crippen molar-refractivity contribution in [3.8, 4) is 11.1 Å². The molecule has 0 radical (unpaired) electrons. The fourth-order valence-corrected chi connectivity index (χ4v) is 3.66. The van der Waals surface area contributed by atoms with E-state index in [1.54, 1.807) is 4.31 Å². The van der Waals surface area contributed by atoms with Gasteiger partial charge in [-0.05, 0) is 72.0 Å². The van der Waals surface area contributed by atoms with Crippen molar-refractivity contribution in [1.82, 2.24) is 0 Å². The van der Waals surface area contributed by atoms with E-state index in [1.807, 2.05) is 31.3 Å². The second-order valence-corrected chi connectivity index (χ2v) is 8.03. The minimum absolute atomic E-state index is 0. The molecule has 0 aliphatic rings. The summed E-state index contributed by atoms with van der Waals surface area (Å²) < 4.78 is 6.82. The molecular weight excluding hydrogens is 428 g/mol. The SMILES string of the molecule is Cc1ccccc1-c1cc(CNc2ccc(N(C)SOCC(=O)O)cc2)ccc1C.S. The lowest BCUT2D eigenvalue weighted by atomic mass is 9.95. The van der Waals surface area contributed by atoms with E-state index in [-0.39, 0.29) is 20.1 Å². The van der Waals surface area contributed by atoms with Gasteiger partial charge in [0.05, 0.1) is 0 Å². The van der Waals surface area contributed by atoms with Gasteiger partial charge in [0, 0.05) is 25.0 Å². The number of carboxylic acid groups (broad SMARTS) is 1. The van der Waals surface area contributed by atoms with Gasteiger partial charge < -0.3 is 10.4 Å². The summed E-state index contributed by atoms with van der Waals surface area (Å²) in [4.78, 5) is 10.5. The first-order chi connectivity index (χ1) is 14.4. The summed E-state index contributed by atoms with van der Waals surface area (Å²) in [5.74, 6) is -0.989. The number of anilines is 2. The molecule has 3 aromatic rings. The van der Waals surface area contributed by atoms with E-state index in [9.17, 15) is 4.79 Å². The number of hydrogen-bond acceptors (Lipinski definition) is 5. The molecular formula is C24H28N2O3S2. The van der Waals surface area contributed by atoms with Crippen LogP contribution >= 0.6 is 25.7 Å². The van der Waals surface area contributed by atoms with Gasteiger partial charge in [0.1, 0.15) is 12.2 Å². The molecule has 164 valence electrons. The molecule has 0 saturated carbocycles. The summed E-state index contributed by atoms with van der Waals surface area (Å²) in [7, 11) is 1.83. The molecule has 2 N–H and O–H groups in total. The molecule has 3 aromatic carbocycles. The highest BCUT2D eigenvalue weighted by molar-refractivity contribution is 7.96. The number of nitrogens with zero attached hydrogens (tertiary/aromatic N) is 1. The molecule has 0 aromatic heterocycles. The van der Waals surface area contributed by atoms with Crippen LogP contribution in [0.15, 0.2) is 66.7 Å². The first-order valence-corrected chi connectivity index (χ1v) is 10.4. The van der Waals surface area contributed by atoms with E-state index >= 15 is 0 Å². The van der Waals surface area contributed by atoms with E-state index < -0.39 is 5.97 Å². The maximum atomic E-state index is 10.5. The molecule has 0 fully saturated rings. The van der Waals surface area contributed by atoms with Crippen molar-refractivity contribution in [3.05, 3.63) is 83.4 Å². The summed E-state index contributed by atoms with van der Waals surface area (Å²) in [6.45, 7) is 4.68. The van der Waals surface area contributed by atoms with Crippen molar-refractivity contribution < 1.29 is 14.1 Å². The first-order valence-electron chi connectivity index (χ1n) is 9.68.